The summed E-state index contributed by atoms with van der Waals surface area (Å²) in [4.78, 5) is 11.1. The maximum absolute atomic E-state index is 11.1. The Morgan fingerprint density at radius 2 is 2.17 bits per heavy atom. The van der Waals surface area contributed by atoms with Crippen molar-refractivity contribution in [3.63, 3.8) is 0 Å². The number of carbonyl (C=O) groups excluding carboxylic acids is 1. The third-order valence-corrected chi connectivity index (χ3v) is 3.30. The van der Waals surface area contributed by atoms with Gasteiger partial charge in [0.15, 0.2) is 0 Å². The number of ether oxygens (including phenoxy) is 1. The molecule has 0 unspecified atom stereocenters. The molecule has 0 amide bonds. The van der Waals surface area contributed by atoms with Gasteiger partial charge in [0.05, 0.1) is 17.5 Å². The van der Waals surface area contributed by atoms with Crippen LogP contribution in [0.4, 0.5) is 0 Å². The number of halogens is 2. The highest BCUT2D eigenvalue weighted by molar-refractivity contribution is 9.11. The van der Waals surface area contributed by atoms with Crippen molar-refractivity contribution in [1.29, 1.82) is 0 Å². The van der Waals surface area contributed by atoms with Gasteiger partial charge in [-0.3, -0.25) is 4.79 Å². The fourth-order valence-electron chi connectivity index (χ4n) is 1.40. The summed E-state index contributed by atoms with van der Waals surface area (Å²) in [6.07, 6.45) is 0.323. The van der Waals surface area contributed by atoms with Gasteiger partial charge in [0, 0.05) is 23.1 Å². The van der Waals surface area contributed by atoms with Crippen LogP contribution in [0.5, 0.6) is 5.75 Å². The van der Waals surface area contributed by atoms with Crippen molar-refractivity contribution in [3.05, 3.63) is 26.6 Å². The average molecular weight is 381 g/mol. The van der Waals surface area contributed by atoms with Crippen LogP contribution in [0.15, 0.2) is 21.1 Å². The van der Waals surface area contributed by atoms with Crippen LogP contribution < -0.4 is 5.32 Å². The van der Waals surface area contributed by atoms with E-state index in [1.807, 2.05) is 6.07 Å². The molecule has 1 aromatic carbocycles. The van der Waals surface area contributed by atoms with Crippen LogP contribution in [0.25, 0.3) is 0 Å². The average Bonchev–Trinajstić information content (AvgIpc) is 2.31. The highest BCUT2D eigenvalue weighted by atomic mass is 79.9. The second-order valence-corrected chi connectivity index (χ2v) is 5.40. The topological polar surface area (TPSA) is 58.6 Å². The Hall–Kier alpha value is -0.590. The molecule has 0 fully saturated rings. The van der Waals surface area contributed by atoms with Gasteiger partial charge in [0.2, 0.25) is 0 Å². The minimum Gasteiger partial charge on any atom is -0.506 e. The molecule has 100 valence electrons. The molecular weight excluding hydrogens is 366 g/mol. The summed E-state index contributed by atoms with van der Waals surface area (Å²) in [6.45, 7) is 3.19. The van der Waals surface area contributed by atoms with Crippen molar-refractivity contribution >= 4 is 37.8 Å². The van der Waals surface area contributed by atoms with E-state index in [4.69, 9.17) is 4.74 Å². The van der Waals surface area contributed by atoms with Crippen LogP contribution in [-0.4, -0.2) is 24.2 Å². The first-order valence-corrected chi connectivity index (χ1v) is 7.16. The molecule has 1 rings (SSSR count). The largest absolute Gasteiger partial charge is 0.506 e. The lowest BCUT2D eigenvalue weighted by Crippen LogP contribution is -2.19. The minimum absolute atomic E-state index is 0.210. The summed E-state index contributed by atoms with van der Waals surface area (Å²) in [5, 5.41) is 12.9. The molecule has 0 spiro atoms. The predicted octanol–water partition coefficient (Wildman–Crippen LogP) is 2.96. The molecule has 6 heteroatoms. The van der Waals surface area contributed by atoms with Gasteiger partial charge in [-0.15, -0.1) is 0 Å². The van der Waals surface area contributed by atoms with E-state index in [0.29, 0.717) is 30.6 Å². The fourth-order valence-corrected chi connectivity index (χ4v) is 2.71. The van der Waals surface area contributed by atoms with E-state index in [9.17, 15) is 9.90 Å². The molecule has 0 aliphatic heterocycles. The molecule has 4 nitrogen and oxygen atoms in total. The second kappa shape index (κ2) is 7.76. The number of carbonyl (C=O) groups is 1. The van der Waals surface area contributed by atoms with Gasteiger partial charge >= 0.3 is 5.97 Å². The molecule has 18 heavy (non-hydrogen) atoms. The first-order chi connectivity index (χ1) is 8.54. The third-order valence-electron chi connectivity index (χ3n) is 2.23. The maximum Gasteiger partial charge on any atom is 0.307 e. The molecule has 0 heterocycles. The Balaban J connectivity index is 2.42. The van der Waals surface area contributed by atoms with Gasteiger partial charge < -0.3 is 15.2 Å². The molecule has 0 aliphatic carbocycles. The lowest BCUT2D eigenvalue weighted by atomic mass is 10.2. The molecule has 1 aromatic rings. The maximum atomic E-state index is 11.1. The van der Waals surface area contributed by atoms with Crippen molar-refractivity contribution < 1.29 is 14.6 Å². The van der Waals surface area contributed by atoms with E-state index in [-0.39, 0.29) is 11.7 Å². The number of aromatic hydroxyl groups is 1. The van der Waals surface area contributed by atoms with Crippen LogP contribution >= 0.6 is 31.9 Å². The van der Waals surface area contributed by atoms with Crippen molar-refractivity contribution in [2.75, 3.05) is 13.2 Å². The van der Waals surface area contributed by atoms with Crippen molar-refractivity contribution in [3.8, 4) is 5.75 Å². The van der Waals surface area contributed by atoms with E-state index >= 15 is 0 Å². The molecule has 0 atom stereocenters. The summed E-state index contributed by atoms with van der Waals surface area (Å²) < 4.78 is 6.33. The standard InChI is InChI=1S/C12H15Br2NO3/c1-2-18-11(16)3-4-15-7-8-5-9(13)6-10(14)12(8)17/h5-6,15,17H,2-4,7H2,1H3. The number of esters is 1. The van der Waals surface area contributed by atoms with E-state index in [0.717, 1.165) is 10.0 Å². The number of phenols is 1. The van der Waals surface area contributed by atoms with Crippen LogP contribution in [0.3, 0.4) is 0 Å². The number of benzene rings is 1. The molecule has 0 aliphatic rings. The molecule has 0 bridgehead atoms. The third kappa shape index (κ3) is 4.96. The molecule has 0 aromatic heterocycles. The number of hydrogen-bond acceptors (Lipinski definition) is 4. The predicted molar refractivity (Wildman–Crippen MR) is 76.5 cm³/mol. The lowest BCUT2D eigenvalue weighted by molar-refractivity contribution is -0.142. The minimum atomic E-state index is -0.218. The van der Waals surface area contributed by atoms with Crippen LogP contribution in [-0.2, 0) is 16.1 Å². The Labute approximate surface area is 123 Å². The fraction of sp³-hybridized carbons (Fsp3) is 0.417. The Kier molecular flexibility index (Phi) is 6.67. The van der Waals surface area contributed by atoms with E-state index in [1.165, 1.54) is 0 Å². The monoisotopic (exact) mass is 379 g/mol. The Bertz CT molecular complexity index is 424. The molecule has 0 radical (unpaired) electrons. The highest BCUT2D eigenvalue weighted by Crippen LogP contribution is 2.31. The highest BCUT2D eigenvalue weighted by Gasteiger charge is 2.07. The number of hydrogen-bond donors (Lipinski definition) is 2. The molecular formula is C12H15Br2NO3. The van der Waals surface area contributed by atoms with E-state index in [1.54, 1.807) is 13.0 Å². The second-order valence-electron chi connectivity index (χ2n) is 3.63. The zero-order valence-electron chi connectivity index (χ0n) is 10.0. The number of phenolic OH excluding ortho intramolecular Hbond substituents is 1. The van der Waals surface area contributed by atoms with Gasteiger partial charge in [-0.25, -0.2) is 0 Å². The lowest BCUT2D eigenvalue weighted by Gasteiger charge is -2.09. The quantitative estimate of drug-likeness (QED) is 0.588. The summed E-state index contributed by atoms with van der Waals surface area (Å²) in [6, 6.07) is 3.61. The first-order valence-electron chi connectivity index (χ1n) is 5.57. The van der Waals surface area contributed by atoms with Crippen LogP contribution in [0.1, 0.15) is 18.9 Å². The zero-order valence-corrected chi connectivity index (χ0v) is 13.2. The zero-order chi connectivity index (χ0) is 13.5. The van der Waals surface area contributed by atoms with E-state index < -0.39 is 0 Å². The molecule has 2 N–H and O–H groups in total. The van der Waals surface area contributed by atoms with Crippen molar-refractivity contribution in [2.24, 2.45) is 0 Å². The van der Waals surface area contributed by atoms with Gasteiger partial charge in [0.1, 0.15) is 5.75 Å². The number of rotatable bonds is 6. The summed E-state index contributed by atoms with van der Waals surface area (Å²) in [5.41, 5.74) is 0.764. The van der Waals surface area contributed by atoms with Gasteiger partial charge in [-0.05, 0) is 35.0 Å². The summed E-state index contributed by atoms with van der Waals surface area (Å²) in [5.74, 6) is -0.00789. The first kappa shape index (κ1) is 15.5. The van der Waals surface area contributed by atoms with Crippen molar-refractivity contribution in [1.82, 2.24) is 5.32 Å². The van der Waals surface area contributed by atoms with Crippen molar-refractivity contribution in [2.45, 2.75) is 19.9 Å². The van der Waals surface area contributed by atoms with Crippen LogP contribution in [0, 0.1) is 0 Å². The Morgan fingerprint density at radius 1 is 1.44 bits per heavy atom. The van der Waals surface area contributed by atoms with Gasteiger partial charge in [0.25, 0.3) is 0 Å². The smallest absolute Gasteiger partial charge is 0.307 e. The SMILES string of the molecule is CCOC(=O)CCNCc1cc(Br)cc(Br)c1O. The summed E-state index contributed by atoms with van der Waals surface area (Å²) in [7, 11) is 0. The van der Waals surface area contributed by atoms with Gasteiger partial charge in [-0.1, -0.05) is 15.9 Å². The van der Waals surface area contributed by atoms with Gasteiger partial charge in [-0.2, -0.15) is 0 Å². The van der Waals surface area contributed by atoms with Crippen LogP contribution in [0.2, 0.25) is 0 Å². The number of nitrogens with one attached hydrogen (secondary N) is 1. The molecule has 0 saturated carbocycles. The Morgan fingerprint density at radius 3 is 2.83 bits per heavy atom. The normalized spacial score (nSPS) is 10.4. The molecule has 0 saturated heterocycles. The summed E-state index contributed by atoms with van der Waals surface area (Å²) >= 11 is 6.62. The van der Waals surface area contributed by atoms with E-state index in [2.05, 4.69) is 37.2 Å².